The van der Waals surface area contributed by atoms with Gasteiger partial charge in [0, 0.05) is 6.54 Å². The van der Waals surface area contributed by atoms with Gasteiger partial charge in [0.25, 0.3) is 5.88 Å². The van der Waals surface area contributed by atoms with Crippen LogP contribution in [0, 0.1) is 0 Å². The van der Waals surface area contributed by atoms with Crippen molar-refractivity contribution in [3.05, 3.63) is 65.7 Å². The predicted molar refractivity (Wildman–Crippen MR) is 119 cm³/mol. The molecule has 0 saturated carbocycles. The molecule has 1 saturated heterocycles. The van der Waals surface area contributed by atoms with Gasteiger partial charge in [-0.25, -0.2) is 14.3 Å². The molecule has 2 aromatic carbocycles. The minimum Gasteiger partial charge on any atom is -0.473 e. The van der Waals surface area contributed by atoms with Crippen LogP contribution in [0.15, 0.2) is 60.7 Å². The molecule has 2 heterocycles. The Morgan fingerprint density at radius 1 is 1.15 bits per heavy atom. The minimum absolute atomic E-state index is 0.0310. The van der Waals surface area contributed by atoms with Gasteiger partial charge in [-0.1, -0.05) is 48.0 Å². The number of carboxylic acid groups (broad SMARTS) is 1. The number of rotatable bonds is 6. The lowest BCUT2D eigenvalue weighted by molar-refractivity contribution is -0.0418. The van der Waals surface area contributed by atoms with Gasteiger partial charge in [0.2, 0.25) is 0 Å². The maximum Gasteiger partial charge on any atom is 0.418 e. The van der Waals surface area contributed by atoms with Crippen molar-refractivity contribution in [2.45, 2.75) is 6.10 Å². The number of para-hydroxylation sites is 2. The van der Waals surface area contributed by atoms with Crippen LogP contribution in [-0.4, -0.2) is 64.4 Å². The molecular formula is C22H21ClN4O6. The lowest BCUT2D eigenvalue weighted by Crippen LogP contribution is -2.47. The van der Waals surface area contributed by atoms with Crippen LogP contribution in [0.2, 0.25) is 5.02 Å². The fourth-order valence-electron chi connectivity index (χ4n) is 3.22. The molecule has 1 fully saturated rings. The molecule has 0 bridgehead atoms. The van der Waals surface area contributed by atoms with E-state index in [-0.39, 0.29) is 36.5 Å². The highest BCUT2D eigenvalue weighted by molar-refractivity contribution is 6.34. The number of nitrogens with zero attached hydrogens (tertiary/aromatic N) is 3. The van der Waals surface area contributed by atoms with Gasteiger partial charge in [-0.2, -0.15) is 0 Å². The molecule has 0 radical (unpaired) electrons. The Hall–Kier alpha value is -3.76. The first kappa shape index (κ1) is 22.4. The van der Waals surface area contributed by atoms with Crippen molar-refractivity contribution in [3.63, 3.8) is 0 Å². The van der Waals surface area contributed by atoms with E-state index < -0.39 is 18.3 Å². The van der Waals surface area contributed by atoms with E-state index in [1.807, 2.05) is 18.2 Å². The number of benzene rings is 2. The molecule has 4 rings (SSSR count). The second-order valence-electron chi connectivity index (χ2n) is 7.08. The molecule has 1 aromatic heterocycles. The fraction of sp³-hybridized carbons (Fsp3) is 0.227. The van der Waals surface area contributed by atoms with E-state index in [1.54, 1.807) is 42.5 Å². The Morgan fingerprint density at radius 3 is 2.55 bits per heavy atom. The molecule has 0 aliphatic carbocycles. The highest BCUT2D eigenvalue weighted by atomic mass is 35.5. The zero-order valence-corrected chi connectivity index (χ0v) is 18.1. The first-order valence-corrected chi connectivity index (χ1v) is 10.5. The van der Waals surface area contributed by atoms with Crippen LogP contribution < -0.4 is 14.8 Å². The first-order valence-electron chi connectivity index (χ1n) is 10.1. The normalized spacial score (nSPS) is 15.7. The Balaban J connectivity index is 1.52. The van der Waals surface area contributed by atoms with E-state index in [0.717, 1.165) is 0 Å². The summed E-state index contributed by atoms with van der Waals surface area (Å²) in [5.41, 5.74) is 0.634. The summed E-state index contributed by atoms with van der Waals surface area (Å²) >= 11 is 6.50. The van der Waals surface area contributed by atoms with Crippen molar-refractivity contribution >= 4 is 29.6 Å². The van der Waals surface area contributed by atoms with Gasteiger partial charge < -0.3 is 24.2 Å². The lowest BCUT2D eigenvalue weighted by Gasteiger charge is -2.30. The number of aromatic nitrogens is 2. The molecule has 3 aromatic rings. The molecule has 2 N–H and O–H groups in total. The summed E-state index contributed by atoms with van der Waals surface area (Å²) in [5, 5.41) is 16.2. The number of morpholine rings is 1. The van der Waals surface area contributed by atoms with Crippen LogP contribution in [0.1, 0.15) is 0 Å². The highest BCUT2D eigenvalue weighted by Crippen LogP contribution is 2.34. The van der Waals surface area contributed by atoms with E-state index in [2.05, 4.69) is 10.4 Å². The molecule has 1 aliphatic heterocycles. The van der Waals surface area contributed by atoms with E-state index in [1.165, 1.54) is 9.58 Å². The number of nitrogens with one attached hydrogen (secondary N) is 1. The molecular weight excluding hydrogens is 452 g/mol. The maximum absolute atomic E-state index is 12.5. The smallest absolute Gasteiger partial charge is 0.418 e. The number of halogens is 1. The van der Waals surface area contributed by atoms with E-state index in [9.17, 15) is 14.7 Å². The van der Waals surface area contributed by atoms with Gasteiger partial charge >= 0.3 is 12.2 Å². The third-order valence-corrected chi connectivity index (χ3v) is 5.13. The number of hydrogen-bond donors (Lipinski definition) is 2. The zero-order valence-electron chi connectivity index (χ0n) is 17.4. The van der Waals surface area contributed by atoms with E-state index >= 15 is 0 Å². The third kappa shape index (κ3) is 5.54. The largest absolute Gasteiger partial charge is 0.473 e. The highest BCUT2D eigenvalue weighted by Gasteiger charge is 2.26. The third-order valence-electron chi connectivity index (χ3n) is 4.79. The molecule has 33 heavy (non-hydrogen) atoms. The summed E-state index contributed by atoms with van der Waals surface area (Å²) in [5.74, 6) is 0.591. The molecule has 1 unspecified atom stereocenters. The molecule has 1 atom stereocenters. The standard InChI is InChI=1S/C22H21ClN4O6/c23-18-19(24-21(28)33-16-9-5-2-6-10-16)27(15-7-3-1-4-8-15)25-20(18)32-14-17-13-26(22(29)30)11-12-31-17/h1-10,17H,11-14H2,(H,24,28)(H,29,30). The molecule has 11 heteroatoms. The van der Waals surface area contributed by atoms with Gasteiger partial charge in [-0.15, -0.1) is 5.10 Å². The summed E-state index contributed by atoms with van der Waals surface area (Å²) in [6.07, 6.45) is -2.25. The summed E-state index contributed by atoms with van der Waals surface area (Å²) in [6, 6.07) is 17.6. The zero-order chi connectivity index (χ0) is 23.2. The monoisotopic (exact) mass is 472 g/mol. The maximum atomic E-state index is 12.5. The fourth-order valence-corrected chi connectivity index (χ4v) is 3.44. The number of carbonyl (C=O) groups is 2. The SMILES string of the molecule is O=C(Nc1c(Cl)c(OCC2CN(C(=O)O)CCO2)nn1-c1ccccc1)Oc1ccccc1. The van der Waals surface area contributed by atoms with Gasteiger partial charge in [0.05, 0.1) is 18.8 Å². The Bertz CT molecular complexity index is 1110. The van der Waals surface area contributed by atoms with Gasteiger partial charge in [-0.05, 0) is 24.3 Å². The Labute approximate surface area is 194 Å². The number of amides is 2. The van der Waals surface area contributed by atoms with Crippen LogP contribution in [0.25, 0.3) is 5.69 Å². The van der Waals surface area contributed by atoms with Gasteiger partial charge in [-0.3, -0.25) is 5.32 Å². The predicted octanol–water partition coefficient (Wildman–Crippen LogP) is 3.89. The quantitative estimate of drug-likeness (QED) is 0.559. The number of carbonyl (C=O) groups excluding carboxylic acids is 1. The summed E-state index contributed by atoms with van der Waals surface area (Å²) in [7, 11) is 0. The molecule has 1 aliphatic rings. The van der Waals surface area contributed by atoms with Crippen LogP contribution in [-0.2, 0) is 4.74 Å². The average Bonchev–Trinajstić information content (AvgIpc) is 3.14. The first-order chi connectivity index (χ1) is 16.0. The average molecular weight is 473 g/mol. The van der Waals surface area contributed by atoms with E-state index in [4.69, 9.17) is 25.8 Å². The van der Waals surface area contributed by atoms with E-state index in [0.29, 0.717) is 18.0 Å². The van der Waals surface area contributed by atoms with Crippen molar-refractivity contribution in [2.24, 2.45) is 0 Å². The topological polar surface area (TPSA) is 115 Å². The van der Waals surface area contributed by atoms with Crippen molar-refractivity contribution < 1.29 is 28.9 Å². The van der Waals surface area contributed by atoms with Crippen molar-refractivity contribution in [3.8, 4) is 17.3 Å². The minimum atomic E-state index is -1.02. The second kappa shape index (κ2) is 10.2. The van der Waals surface area contributed by atoms with Crippen LogP contribution in [0.3, 0.4) is 0 Å². The summed E-state index contributed by atoms with van der Waals surface area (Å²) in [6.45, 7) is 0.765. The number of hydrogen-bond acceptors (Lipinski definition) is 6. The molecule has 0 spiro atoms. The lowest BCUT2D eigenvalue weighted by atomic mass is 10.3. The van der Waals surface area contributed by atoms with Gasteiger partial charge in [0.15, 0.2) is 5.82 Å². The molecule has 10 nitrogen and oxygen atoms in total. The van der Waals surface area contributed by atoms with Crippen molar-refractivity contribution in [2.75, 3.05) is 31.6 Å². The number of ether oxygens (including phenoxy) is 3. The summed E-state index contributed by atoms with van der Waals surface area (Å²) < 4.78 is 18.0. The molecule has 172 valence electrons. The van der Waals surface area contributed by atoms with Crippen LogP contribution in [0.5, 0.6) is 11.6 Å². The number of anilines is 1. The van der Waals surface area contributed by atoms with Gasteiger partial charge in [0.1, 0.15) is 23.5 Å². The Kier molecular flexibility index (Phi) is 6.96. The Morgan fingerprint density at radius 2 is 1.85 bits per heavy atom. The van der Waals surface area contributed by atoms with Crippen LogP contribution >= 0.6 is 11.6 Å². The summed E-state index contributed by atoms with van der Waals surface area (Å²) in [4.78, 5) is 24.9. The van der Waals surface area contributed by atoms with Crippen LogP contribution in [0.4, 0.5) is 15.4 Å². The van der Waals surface area contributed by atoms with Crippen molar-refractivity contribution in [1.82, 2.24) is 14.7 Å². The second-order valence-corrected chi connectivity index (χ2v) is 7.45. The molecule has 2 amide bonds. The van der Waals surface area contributed by atoms with Crippen molar-refractivity contribution in [1.29, 1.82) is 0 Å².